The van der Waals surface area contributed by atoms with Crippen molar-refractivity contribution in [3.63, 3.8) is 0 Å². The fourth-order valence-electron chi connectivity index (χ4n) is 3.75. The van der Waals surface area contributed by atoms with Gasteiger partial charge >= 0.3 is 0 Å². The van der Waals surface area contributed by atoms with Gasteiger partial charge in [-0.25, -0.2) is 22.3 Å². The van der Waals surface area contributed by atoms with E-state index in [-0.39, 0.29) is 29.4 Å². The first-order valence-electron chi connectivity index (χ1n) is 10.9. The predicted molar refractivity (Wildman–Crippen MR) is 139 cm³/mol. The molecule has 0 spiro atoms. The van der Waals surface area contributed by atoms with Crippen molar-refractivity contribution in [2.24, 2.45) is 5.10 Å². The molecule has 36 heavy (non-hydrogen) atoms. The number of piperazine rings is 1. The summed E-state index contributed by atoms with van der Waals surface area (Å²) in [4.78, 5) is 13.3. The summed E-state index contributed by atoms with van der Waals surface area (Å²) < 4.78 is 56.1. The van der Waals surface area contributed by atoms with Gasteiger partial charge < -0.3 is 0 Å². The third-order valence-electron chi connectivity index (χ3n) is 5.61. The zero-order chi connectivity index (χ0) is 25.8. The summed E-state index contributed by atoms with van der Waals surface area (Å²) >= 11 is 3.39. The minimum absolute atomic E-state index is 0.0129. The van der Waals surface area contributed by atoms with Gasteiger partial charge in [0.15, 0.2) is 0 Å². The van der Waals surface area contributed by atoms with Crippen LogP contribution in [0, 0.1) is 0 Å². The molecule has 9 nitrogen and oxygen atoms in total. The lowest BCUT2D eigenvalue weighted by Gasteiger charge is -2.38. The number of halogens is 1. The lowest BCUT2D eigenvalue weighted by molar-refractivity contribution is -0.125. The number of amides is 1. The van der Waals surface area contributed by atoms with E-state index in [4.69, 9.17) is 0 Å². The van der Waals surface area contributed by atoms with Gasteiger partial charge in [0.25, 0.3) is 5.91 Å². The number of rotatable bonds is 7. The van der Waals surface area contributed by atoms with Crippen LogP contribution in [-0.2, 0) is 24.8 Å². The summed E-state index contributed by atoms with van der Waals surface area (Å²) in [7, 11) is -8.03. The zero-order valence-corrected chi connectivity index (χ0v) is 22.2. The number of nitrogens with zero attached hydrogens (tertiary/aromatic N) is 3. The van der Waals surface area contributed by atoms with Crippen molar-refractivity contribution < 1.29 is 21.6 Å². The Balaban J connectivity index is 1.63. The summed E-state index contributed by atoms with van der Waals surface area (Å²) in [5, 5.41) is 3.97. The van der Waals surface area contributed by atoms with Crippen molar-refractivity contribution >= 4 is 48.1 Å². The molecule has 1 aliphatic heterocycles. The maximum atomic E-state index is 13.4. The highest BCUT2D eigenvalue weighted by Crippen LogP contribution is 2.25. The van der Waals surface area contributed by atoms with Crippen LogP contribution in [0.15, 0.2) is 104 Å². The van der Waals surface area contributed by atoms with E-state index in [2.05, 4.69) is 26.5 Å². The number of hydrogen-bond donors (Lipinski definition) is 1. The van der Waals surface area contributed by atoms with Crippen LogP contribution in [0.25, 0.3) is 0 Å². The second-order valence-corrected chi connectivity index (χ2v) is 12.6. The Kier molecular flexibility index (Phi) is 8.00. The van der Waals surface area contributed by atoms with Gasteiger partial charge in [-0.3, -0.25) is 4.79 Å². The van der Waals surface area contributed by atoms with E-state index in [9.17, 15) is 21.6 Å². The third kappa shape index (κ3) is 5.57. The topological polar surface area (TPSA) is 116 Å². The first-order chi connectivity index (χ1) is 17.2. The van der Waals surface area contributed by atoms with Crippen LogP contribution in [0.3, 0.4) is 0 Å². The largest absolute Gasteiger partial charge is 0.271 e. The van der Waals surface area contributed by atoms with Crippen molar-refractivity contribution in [1.82, 2.24) is 14.0 Å². The Morgan fingerprint density at radius 1 is 0.833 bits per heavy atom. The minimum Gasteiger partial charge on any atom is -0.271 e. The highest BCUT2D eigenvalue weighted by molar-refractivity contribution is 9.10. The third-order valence-corrected chi connectivity index (χ3v) is 10.1. The van der Waals surface area contributed by atoms with E-state index in [1.54, 1.807) is 48.5 Å². The molecule has 3 aromatic rings. The quantitative estimate of drug-likeness (QED) is 0.335. The van der Waals surface area contributed by atoms with Gasteiger partial charge in [-0.15, -0.1) is 0 Å². The molecular weight excluding hydrogens is 568 g/mol. The monoisotopic (exact) mass is 590 g/mol. The molecule has 0 radical (unpaired) electrons. The van der Waals surface area contributed by atoms with Crippen LogP contribution in [-0.4, -0.2) is 63.2 Å². The molecule has 1 fully saturated rings. The smallest absolute Gasteiger partial charge is 0.259 e. The maximum Gasteiger partial charge on any atom is 0.259 e. The number of benzene rings is 3. The fraction of sp³-hybridized carbons (Fsp3) is 0.167. The summed E-state index contributed by atoms with van der Waals surface area (Å²) in [6.07, 6.45) is 1.42. The molecule has 0 aliphatic carbocycles. The summed E-state index contributed by atoms with van der Waals surface area (Å²) in [5.74, 6) is -0.745. The molecule has 1 N–H and O–H groups in total. The molecule has 12 heteroatoms. The second-order valence-electron chi connectivity index (χ2n) is 7.88. The van der Waals surface area contributed by atoms with Gasteiger partial charge in [-0.05, 0) is 30.3 Å². The highest BCUT2D eigenvalue weighted by atomic mass is 79.9. The molecule has 0 saturated carbocycles. The predicted octanol–water partition coefficient (Wildman–Crippen LogP) is 2.66. The Morgan fingerprint density at radius 2 is 1.39 bits per heavy atom. The van der Waals surface area contributed by atoms with Crippen molar-refractivity contribution in [1.29, 1.82) is 0 Å². The normalized spacial score (nSPS) is 17.8. The van der Waals surface area contributed by atoms with Gasteiger partial charge in [-0.2, -0.15) is 13.7 Å². The van der Waals surface area contributed by atoms with Crippen LogP contribution in [0.1, 0.15) is 5.56 Å². The summed E-state index contributed by atoms with van der Waals surface area (Å²) in [6.45, 7) is -0.664. The van der Waals surface area contributed by atoms with Gasteiger partial charge in [-0.1, -0.05) is 70.5 Å². The molecule has 1 saturated heterocycles. The van der Waals surface area contributed by atoms with Crippen molar-refractivity contribution in [3.8, 4) is 0 Å². The van der Waals surface area contributed by atoms with E-state index in [0.29, 0.717) is 5.56 Å². The van der Waals surface area contributed by atoms with E-state index < -0.39 is 32.0 Å². The van der Waals surface area contributed by atoms with Crippen molar-refractivity contribution in [2.45, 2.75) is 15.8 Å². The molecule has 1 atom stereocenters. The Labute approximate surface area is 218 Å². The highest BCUT2D eigenvalue weighted by Gasteiger charge is 2.43. The molecule has 0 aromatic heterocycles. The molecule has 3 aromatic carbocycles. The standard InChI is InChI=1S/C24H23BrN4O5S2/c25-22-14-8-7-9-19(22)17-26-27-24(30)23-18-28(35(31,32)20-10-3-1-4-11-20)15-16-29(23)36(33,34)21-12-5-2-6-13-21/h1-14,17,23H,15-16,18H2,(H,27,30)/b26-17-/t23-/m0/s1. The number of hydrogen-bond acceptors (Lipinski definition) is 6. The van der Waals surface area contributed by atoms with Gasteiger partial charge in [0.2, 0.25) is 20.0 Å². The lowest BCUT2D eigenvalue weighted by Crippen LogP contribution is -2.60. The van der Waals surface area contributed by atoms with Gasteiger partial charge in [0.1, 0.15) is 6.04 Å². The number of hydrazone groups is 1. The van der Waals surface area contributed by atoms with E-state index in [0.717, 1.165) is 13.1 Å². The van der Waals surface area contributed by atoms with Gasteiger partial charge in [0, 0.05) is 29.7 Å². The van der Waals surface area contributed by atoms with Crippen LogP contribution < -0.4 is 5.43 Å². The first-order valence-corrected chi connectivity index (χ1v) is 14.6. The number of carbonyl (C=O) groups excluding carboxylic acids is 1. The molecule has 1 amide bonds. The van der Waals surface area contributed by atoms with E-state index in [1.807, 2.05) is 12.1 Å². The number of carbonyl (C=O) groups is 1. The van der Waals surface area contributed by atoms with Crippen molar-refractivity contribution in [2.75, 3.05) is 19.6 Å². The average Bonchev–Trinajstić information content (AvgIpc) is 2.90. The van der Waals surface area contributed by atoms with E-state index in [1.165, 1.54) is 30.5 Å². The average molecular weight is 592 g/mol. The van der Waals surface area contributed by atoms with E-state index >= 15 is 0 Å². The SMILES string of the molecule is O=C(N/N=C\c1ccccc1Br)[C@@H]1CN(S(=O)(=O)c2ccccc2)CCN1S(=O)(=O)c1ccccc1. The molecule has 1 heterocycles. The first kappa shape index (κ1) is 26.2. The molecule has 1 aliphatic rings. The Hall–Kier alpha value is -2.90. The number of sulfonamides is 2. The molecule has 0 bridgehead atoms. The molecule has 4 rings (SSSR count). The summed E-state index contributed by atoms with van der Waals surface area (Å²) in [5.41, 5.74) is 3.07. The van der Waals surface area contributed by atoms with Crippen molar-refractivity contribution in [3.05, 3.63) is 95.0 Å². The van der Waals surface area contributed by atoms with Gasteiger partial charge in [0.05, 0.1) is 16.0 Å². The number of nitrogens with one attached hydrogen (secondary N) is 1. The van der Waals surface area contributed by atoms with Crippen LogP contribution in [0.4, 0.5) is 0 Å². The molecule has 188 valence electrons. The molecule has 0 unspecified atom stereocenters. The summed E-state index contributed by atoms with van der Waals surface area (Å²) in [6, 6.07) is 21.4. The van der Waals surface area contributed by atoms with Crippen LogP contribution >= 0.6 is 15.9 Å². The zero-order valence-electron chi connectivity index (χ0n) is 18.9. The lowest BCUT2D eigenvalue weighted by atomic mass is 10.2. The minimum atomic E-state index is -4.08. The van der Waals surface area contributed by atoms with Crippen LogP contribution in [0.2, 0.25) is 0 Å². The Bertz CT molecular complexity index is 1470. The maximum absolute atomic E-state index is 13.4. The Morgan fingerprint density at radius 3 is 2.00 bits per heavy atom. The fourth-order valence-corrected chi connectivity index (χ4v) is 7.19. The second kappa shape index (κ2) is 11.0. The van der Waals surface area contributed by atoms with Crippen LogP contribution in [0.5, 0.6) is 0 Å². The molecular formula is C24H23BrN4O5S2.